The van der Waals surface area contributed by atoms with Crippen molar-refractivity contribution in [2.24, 2.45) is 5.92 Å². The normalized spacial score (nSPS) is 15.3. The van der Waals surface area contributed by atoms with Gasteiger partial charge in [0.05, 0.1) is 4.92 Å². The average molecular weight is 313 g/mol. The predicted molar refractivity (Wildman–Crippen MR) is 79.3 cm³/mol. The van der Waals surface area contributed by atoms with Crippen molar-refractivity contribution in [3.8, 4) is 0 Å². The molecular weight excluding hydrogens is 294 g/mol. The summed E-state index contributed by atoms with van der Waals surface area (Å²) < 4.78 is 26.8. The Labute approximate surface area is 123 Å². The Balaban J connectivity index is 2.43. The highest BCUT2D eigenvalue weighted by Crippen LogP contribution is 2.34. The summed E-state index contributed by atoms with van der Waals surface area (Å²) in [6.07, 6.45) is 2.69. The zero-order valence-electron chi connectivity index (χ0n) is 11.9. The van der Waals surface area contributed by atoms with Gasteiger partial charge in [-0.25, -0.2) is 8.42 Å². The van der Waals surface area contributed by atoms with Gasteiger partial charge in [-0.05, 0) is 37.3 Å². The fraction of sp³-hybridized carbons (Fsp3) is 0.538. The first-order chi connectivity index (χ1) is 9.86. The molecule has 0 spiro atoms. The van der Waals surface area contributed by atoms with Gasteiger partial charge in [-0.15, -0.1) is 0 Å². The lowest BCUT2D eigenvalue weighted by Crippen LogP contribution is -2.34. The van der Waals surface area contributed by atoms with Crippen LogP contribution >= 0.6 is 0 Å². The highest BCUT2D eigenvalue weighted by molar-refractivity contribution is 7.89. The minimum atomic E-state index is -3.87. The van der Waals surface area contributed by atoms with Gasteiger partial charge in [0.2, 0.25) is 10.0 Å². The molecule has 0 unspecified atom stereocenters. The van der Waals surface area contributed by atoms with E-state index in [0.29, 0.717) is 25.4 Å². The van der Waals surface area contributed by atoms with Gasteiger partial charge in [0.25, 0.3) is 5.69 Å². The number of nitrogens with zero attached hydrogens (tertiary/aromatic N) is 2. The smallest absolute Gasteiger partial charge is 0.291 e. The summed E-state index contributed by atoms with van der Waals surface area (Å²) in [5.41, 5.74) is 5.23. The van der Waals surface area contributed by atoms with Crippen LogP contribution in [0.3, 0.4) is 0 Å². The maximum Gasteiger partial charge on any atom is 0.291 e. The molecule has 0 bridgehead atoms. The van der Waals surface area contributed by atoms with Crippen LogP contribution in [0.15, 0.2) is 23.1 Å². The van der Waals surface area contributed by atoms with E-state index in [1.165, 1.54) is 16.4 Å². The van der Waals surface area contributed by atoms with Gasteiger partial charge in [-0.2, -0.15) is 4.31 Å². The van der Waals surface area contributed by atoms with E-state index in [1.807, 2.05) is 6.92 Å². The lowest BCUT2D eigenvalue weighted by molar-refractivity contribution is -0.387. The van der Waals surface area contributed by atoms with Crippen molar-refractivity contribution in [3.05, 3.63) is 28.3 Å². The van der Waals surface area contributed by atoms with E-state index in [9.17, 15) is 18.5 Å². The van der Waals surface area contributed by atoms with Crippen molar-refractivity contribution in [1.29, 1.82) is 0 Å². The number of nitrogen functional groups attached to an aromatic ring is 1. The highest BCUT2D eigenvalue weighted by atomic mass is 32.2. The third-order valence-corrected chi connectivity index (χ3v) is 5.34. The number of hydrogen-bond donors (Lipinski definition) is 1. The molecule has 2 rings (SSSR count). The second kappa shape index (κ2) is 5.98. The Morgan fingerprint density at radius 3 is 2.62 bits per heavy atom. The Morgan fingerprint density at radius 1 is 1.43 bits per heavy atom. The summed E-state index contributed by atoms with van der Waals surface area (Å²) in [4.78, 5) is 10.1. The van der Waals surface area contributed by atoms with E-state index in [2.05, 4.69) is 0 Å². The predicted octanol–water partition coefficient (Wildman–Crippen LogP) is 1.99. The minimum absolute atomic E-state index is 0.171. The molecule has 1 aliphatic carbocycles. The van der Waals surface area contributed by atoms with E-state index in [4.69, 9.17) is 5.73 Å². The molecule has 1 saturated carbocycles. The van der Waals surface area contributed by atoms with Crippen LogP contribution in [-0.4, -0.2) is 30.7 Å². The first-order valence-electron chi connectivity index (χ1n) is 6.90. The zero-order chi connectivity index (χ0) is 15.6. The van der Waals surface area contributed by atoms with Crippen molar-refractivity contribution in [1.82, 2.24) is 4.31 Å². The molecule has 0 saturated heterocycles. The topological polar surface area (TPSA) is 107 Å². The second-order valence-electron chi connectivity index (χ2n) is 5.29. The molecule has 1 aromatic carbocycles. The first kappa shape index (κ1) is 15.7. The van der Waals surface area contributed by atoms with E-state index >= 15 is 0 Å². The van der Waals surface area contributed by atoms with Crippen molar-refractivity contribution in [2.45, 2.75) is 31.1 Å². The van der Waals surface area contributed by atoms with Crippen LogP contribution in [0.1, 0.15) is 26.2 Å². The van der Waals surface area contributed by atoms with Crippen LogP contribution in [-0.2, 0) is 10.0 Å². The highest BCUT2D eigenvalue weighted by Gasteiger charge is 2.35. The lowest BCUT2D eigenvalue weighted by atomic mass is 10.3. The molecule has 21 heavy (non-hydrogen) atoms. The molecule has 8 heteroatoms. The molecule has 0 heterocycles. The fourth-order valence-electron chi connectivity index (χ4n) is 2.18. The van der Waals surface area contributed by atoms with E-state index in [0.717, 1.165) is 18.9 Å². The van der Waals surface area contributed by atoms with Crippen LogP contribution in [0.2, 0.25) is 0 Å². The van der Waals surface area contributed by atoms with Crippen molar-refractivity contribution in [3.63, 3.8) is 0 Å². The summed E-state index contributed by atoms with van der Waals surface area (Å²) in [6, 6.07) is 3.69. The molecule has 116 valence electrons. The SMILES string of the molecule is CCCN(CC1CC1)S(=O)(=O)c1ccc(N)cc1[N+](=O)[O-]. The average Bonchev–Trinajstić information content (AvgIpc) is 3.21. The summed E-state index contributed by atoms with van der Waals surface area (Å²) in [6.45, 7) is 2.67. The van der Waals surface area contributed by atoms with Crippen molar-refractivity contribution in [2.75, 3.05) is 18.8 Å². The van der Waals surface area contributed by atoms with Gasteiger partial charge in [0.15, 0.2) is 4.90 Å². The number of anilines is 1. The third-order valence-electron chi connectivity index (χ3n) is 3.43. The molecule has 0 aliphatic heterocycles. The lowest BCUT2D eigenvalue weighted by Gasteiger charge is -2.21. The number of nitro benzene ring substituents is 1. The molecule has 1 aromatic rings. The molecule has 1 aliphatic rings. The minimum Gasteiger partial charge on any atom is -0.399 e. The second-order valence-corrected chi connectivity index (χ2v) is 7.20. The van der Waals surface area contributed by atoms with Crippen LogP contribution in [0, 0.1) is 16.0 Å². The summed E-state index contributed by atoms with van der Waals surface area (Å²) in [7, 11) is -3.87. The fourth-order valence-corrected chi connectivity index (χ4v) is 3.93. The van der Waals surface area contributed by atoms with Crippen molar-refractivity contribution < 1.29 is 13.3 Å². The monoisotopic (exact) mass is 313 g/mol. The largest absolute Gasteiger partial charge is 0.399 e. The standard InChI is InChI=1S/C13H19N3O4S/c1-2-7-15(9-10-3-4-10)21(19,20)13-6-5-11(14)8-12(13)16(17)18/h5-6,8,10H,2-4,7,9,14H2,1H3. The molecule has 0 radical (unpaired) electrons. The summed E-state index contributed by atoms with van der Waals surface area (Å²) in [5.74, 6) is 0.374. The summed E-state index contributed by atoms with van der Waals surface area (Å²) >= 11 is 0. The van der Waals surface area contributed by atoms with E-state index < -0.39 is 20.6 Å². The van der Waals surface area contributed by atoms with Gasteiger partial charge in [-0.1, -0.05) is 6.92 Å². The van der Waals surface area contributed by atoms with Crippen LogP contribution in [0.25, 0.3) is 0 Å². The maximum absolute atomic E-state index is 12.7. The Hall–Kier alpha value is -1.67. The molecule has 0 amide bonds. The van der Waals surface area contributed by atoms with E-state index in [1.54, 1.807) is 0 Å². The molecule has 1 fully saturated rings. The number of benzene rings is 1. The van der Waals surface area contributed by atoms with E-state index in [-0.39, 0.29) is 10.6 Å². The van der Waals surface area contributed by atoms with Gasteiger partial charge in [0, 0.05) is 24.8 Å². The maximum atomic E-state index is 12.7. The first-order valence-corrected chi connectivity index (χ1v) is 8.34. The Kier molecular flexibility index (Phi) is 4.48. The number of sulfonamides is 1. The van der Waals surface area contributed by atoms with Gasteiger partial charge in [-0.3, -0.25) is 10.1 Å². The van der Waals surface area contributed by atoms with Gasteiger partial charge in [0.1, 0.15) is 0 Å². The number of nitrogens with two attached hydrogens (primary N) is 1. The number of nitro groups is 1. The van der Waals surface area contributed by atoms with Crippen LogP contribution < -0.4 is 5.73 Å². The molecular formula is C13H19N3O4S. The number of hydrogen-bond acceptors (Lipinski definition) is 5. The van der Waals surface area contributed by atoms with Crippen molar-refractivity contribution >= 4 is 21.4 Å². The van der Waals surface area contributed by atoms with Crippen LogP contribution in [0.5, 0.6) is 0 Å². The zero-order valence-corrected chi connectivity index (χ0v) is 12.7. The molecule has 7 nitrogen and oxygen atoms in total. The molecule has 0 atom stereocenters. The number of rotatable bonds is 7. The Bertz CT molecular complexity index is 641. The molecule has 0 aromatic heterocycles. The molecule has 2 N–H and O–H groups in total. The van der Waals surface area contributed by atoms with Gasteiger partial charge >= 0.3 is 0 Å². The quantitative estimate of drug-likeness (QED) is 0.470. The third kappa shape index (κ3) is 3.51. The summed E-state index contributed by atoms with van der Waals surface area (Å²) in [5, 5.41) is 11.1. The van der Waals surface area contributed by atoms with Gasteiger partial charge < -0.3 is 5.73 Å². The van der Waals surface area contributed by atoms with Crippen LogP contribution in [0.4, 0.5) is 11.4 Å². The Morgan fingerprint density at radius 2 is 2.10 bits per heavy atom.